The second kappa shape index (κ2) is 9.26. The average Bonchev–Trinajstić information content (AvgIpc) is 2.91. The lowest BCUT2D eigenvalue weighted by Crippen LogP contribution is -2.52. The predicted octanol–water partition coefficient (Wildman–Crippen LogP) is 4.10. The number of pyridine rings is 1. The fraction of sp³-hybridized carbons (Fsp3) is 0.435. The number of anilines is 3. The third kappa shape index (κ3) is 4.16. The van der Waals surface area contributed by atoms with Crippen LogP contribution in [0.3, 0.4) is 0 Å². The number of para-hydroxylation sites is 1. The smallest absolute Gasteiger partial charge is 0.321 e. The quantitative estimate of drug-likeness (QED) is 0.758. The van der Waals surface area contributed by atoms with Crippen molar-refractivity contribution in [1.29, 1.82) is 0 Å². The molecule has 4 rings (SSSR count). The molecule has 1 fully saturated rings. The molecular formula is C23H29N5O2. The molecule has 0 aliphatic carbocycles. The van der Waals surface area contributed by atoms with Crippen molar-refractivity contribution in [2.45, 2.75) is 32.6 Å². The SMILES string of the molecule is CCCCCCN1CCN(C(=O)N2c3ccccc3C(=O)Nc3cccnc32)CC1. The van der Waals surface area contributed by atoms with Gasteiger partial charge in [0.15, 0.2) is 5.82 Å². The summed E-state index contributed by atoms with van der Waals surface area (Å²) in [6.45, 7) is 6.42. The molecule has 7 heteroatoms. The van der Waals surface area contributed by atoms with Gasteiger partial charge in [0, 0.05) is 32.4 Å². The highest BCUT2D eigenvalue weighted by Crippen LogP contribution is 2.36. The summed E-state index contributed by atoms with van der Waals surface area (Å²) in [5, 5.41) is 2.88. The summed E-state index contributed by atoms with van der Waals surface area (Å²) in [4.78, 5) is 36.6. The lowest BCUT2D eigenvalue weighted by Gasteiger charge is -2.37. The number of benzene rings is 1. The predicted molar refractivity (Wildman–Crippen MR) is 118 cm³/mol. The van der Waals surface area contributed by atoms with Crippen LogP contribution in [0, 0.1) is 0 Å². The lowest BCUT2D eigenvalue weighted by molar-refractivity contribution is 0.102. The normalized spacial score (nSPS) is 16.5. The average molecular weight is 408 g/mol. The zero-order valence-electron chi connectivity index (χ0n) is 17.5. The topological polar surface area (TPSA) is 68.8 Å². The molecule has 0 saturated carbocycles. The third-order valence-corrected chi connectivity index (χ3v) is 5.80. The molecule has 0 radical (unpaired) electrons. The maximum absolute atomic E-state index is 13.6. The van der Waals surface area contributed by atoms with Crippen LogP contribution in [0.4, 0.5) is 22.0 Å². The fourth-order valence-corrected chi connectivity index (χ4v) is 4.10. The maximum atomic E-state index is 13.6. The molecule has 158 valence electrons. The zero-order chi connectivity index (χ0) is 20.9. The zero-order valence-corrected chi connectivity index (χ0v) is 17.5. The molecule has 2 aromatic rings. The van der Waals surface area contributed by atoms with Gasteiger partial charge in [0.2, 0.25) is 0 Å². The minimum absolute atomic E-state index is 0.135. The van der Waals surface area contributed by atoms with Crippen molar-refractivity contribution >= 4 is 29.1 Å². The standard InChI is InChI=1S/C23H29N5O2/c1-2-3-4-7-13-26-14-16-27(17-15-26)23(30)28-20-11-6-5-9-18(20)22(29)25-19-10-8-12-24-21(19)28/h5-6,8-12H,2-4,7,13-17H2,1H3,(H,25,29). The van der Waals surface area contributed by atoms with Gasteiger partial charge in [0.1, 0.15) is 0 Å². The summed E-state index contributed by atoms with van der Waals surface area (Å²) in [5.41, 5.74) is 1.58. The van der Waals surface area contributed by atoms with Gasteiger partial charge in [-0.1, -0.05) is 38.3 Å². The molecule has 3 heterocycles. The molecule has 1 saturated heterocycles. The lowest BCUT2D eigenvalue weighted by atomic mass is 10.1. The van der Waals surface area contributed by atoms with Crippen molar-refractivity contribution < 1.29 is 9.59 Å². The minimum Gasteiger partial charge on any atom is -0.321 e. The molecule has 1 aromatic heterocycles. The molecule has 0 spiro atoms. The highest BCUT2D eigenvalue weighted by Gasteiger charge is 2.33. The third-order valence-electron chi connectivity index (χ3n) is 5.80. The molecule has 2 aliphatic rings. The Morgan fingerprint density at radius 3 is 2.63 bits per heavy atom. The molecule has 0 unspecified atom stereocenters. The Morgan fingerprint density at radius 1 is 1.03 bits per heavy atom. The van der Waals surface area contributed by atoms with Gasteiger partial charge < -0.3 is 10.2 Å². The van der Waals surface area contributed by atoms with Crippen molar-refractivity contribution in [3.63, 3.8) is 0 Å². The molecule has 2 aliphatic heterocycles. The van der Waals surface area contributed by atoms with Crippen LogP contribution in [0.15, 0.2) is 42.6 Å². The van der Waals surface area contributed by atoms with Gasteiger partial charge in [-0.05, 0) is 37.2 Å². The largest absolute Gasteiger partial charge is 0.330 e. The van der Waals surface area contributed by atoms with Gasteiger partial charge in [0.25, 0.3) is 5.91 Å². The fourth-order valence-electron chi connectivity index (χ4n) is 4.10. The number of hydrogen-bond donors (Lipinski definition) is 1. The van der Waals surface area contributed by atoms with E-state index in [2.05, 4.69) is 22.1 Å². The van der Waals surface area contributed by atoms with E-state index in [1.54, 1.807) is 35.4 Å². The summed E-state index contributed by atoms with van der Waals surface area (Å²) < 4.78 is 0. The number of amides is 3. The number of rotatable bonds is 5. The summed E-state index contributed by atoms with van der Waals surface area (Å²) >= 11 is 0. The Balaban J connectivity index is 1.53. The van der Waals surface area contributed by atoms with E-state index in [9.17, 15) is 9.59 Å². The van der Waals surface area contributed by atoms with Crippen molar-refractivity contribution in [3.8, 4) is 0 Å². The molecule has 0 atom stereocenters. The van der Waals surface area contributed by atoms with Gasteiger partial charge in [-0.2, -0.15) is 0 Å². The van der Waals surface area contributed by atoms with E-state index < -0.39 is 0 Å². The Hall–Kier alpha value is -2.93. The number of fused-ring (bicyclic) bond motifs is 2. The summed E-state index contributed by atoms with van der Waals surface area (Å²) in [5.74, 6) is 0.231. The van der Waals surface area contributed by atoms with Crippen LogP contribution in [0.2, 0.25) is 0 Å². The number of urea groups is 1. The Bertz CT molecular complexity index is 908. The van der Waals surface area contributed by atoms with E-state index in [0.29, 0.717) is 35.8 Å². The van der Waals surface area contributed by atoms with Crippen LogP contribution in [0.25, 0.3) is 0 Å². The summed E-state index contributed by atoms with van der Waals surface area (Å²) in [6, 6.07) is 10.6. The van der Waals surface area contributed by atoms with E-state index in [-0.39, 0.29) is 11.9 Å². The number of piperazine rings is 1. The van der Waals surface area contributed by atoms with Crippen LogP contribution in [0.5, 0.6) is 0 Å². The van der Waals surface area contributed by atoms with Gasteiger partial charge in [-0.3, -0.25) is 9.69 Å². The molecule has 1 N–H and O–H groups in total. The second-order valence-electron chi connectivity index (χ2n) is 7.85. The van der Waals surface area contributed by atoms with Crippen molar-refractivity contribution in [3.05, 3.63) is 48.2 Å². The van der Waals surface area contributed by atoms with Gasteiger partial charge in [0.05, 0.1) is 16.9 Å². The monoisotopic (exact) mass is 407 g/mol. The van der Waals surface area contributed by atoms with E-state index in [4.69, 9.17) is 0 Å². The van der Waals surface area contributed by atoms with Gasteiger partial charge in [-0.25, -0.2) is 14.7 Å². The summed E-state index contributed by atoms with van der Waals surface area (Å²) in [7, 11) is 0. The van der Waals surface area contributed by atoms with E-state index in [0.717, 1.165) is 19.6 Å². The van der Waals surface area contributed by atoms with Crippen molar-refractivity contribution in [2.75, 3.05) is 42.9 Å². The maximum Gasteiger partial charge on any atom is 0.330 e. The molecule has 7 nitrogen and oxygen atoms in total. The van der Waals surface area contributed by atoms with Gasteiger partial charge >= 0.3 is 6.03 Å². The first-order chi connectivity index (χ1) is 14.7. The Labute approximate surface area is 177 Å². The minimum atomic E-state index is -0.230. The number of hydrogen-bond acceptors (Lipinski definition) is 4. The first-order valence-corrected chi connectivity index (χ1v) is 10.9. The second-order valence-corrected chi connectivity index (χ2v) is 7.85. The van der Waals surface area contributed by atoms with Crippen LogP contribution in [-0.4, -0.2) is 59.4 Å². The Morgan fingerprint density at radius 2 is 1.83 bits per heavy atom. The number of carbonyl (C=O) groups is 2. The van der Waals surface area contributed by atoms with E-state index in [1.165, 1.54) is 25.7 Å². The number of unbranched alkanes of at least 4 members (excludes halogenated alkanes) is 3. The number of nitrogens with one attached hydrogen (secondary N) is 1. The highest BCUT2D eigenvalue weighted by atomic mass is 16.2. The van der Waals surface area contributed by atoms with Gasteiger partial charge in [-0.15, -0.1) is 0 Å². The van der Waals surface area contributed by atoms with E-state index >= 15 is 0 Å². The molecule has 30 heavy (non-hydrogen) atoms. The molecule has 0 bridgehead atoms. The Kier molecular flexibility index (Phi) is 6.28. The first kappa shape index (κ1) is 20.3. The van der Waals surface area contributed by atoms with Crippen LogP contribution in [0.1, 0.15) is 43.0 Å². The number of carbonyl (C=O) groups excluding carboxylic acids is 2. The number of aromatic nitrogens is 1. The number of nitrogens with zero attached hydrogens (tertiary/aromatic N) is 4. The van der Waals surface area contributed by atoms with Crippen LogP contribution in [-0.2, 0) is 0 Å². The molecular weight excluding hydrogens is 378 g/mol. The molecule has 1 aromatic carbocycles. The molecule has 3 amide bonds. The van der Waals surface area contributed by atoms with Crippen LogP contribution < -0.4 is 10.2 Å². The summed E-state index contributed by atoms with van der Waals surface area (Å²) in [6.07, 6.45) is 6.65. The van der Waals surface area contributed by atoms with E-state index in [1.807, 2.05) is 17.0 Å². The first-order valence-electron chi connectivity index (χ1n) is 10.9. The highest BCUT2D eigenvalue weighted by molar-refractivity contribution is 6.16. The van der Waals surface area contributed by atoms with Crippen molar-refractivity contribution in [1.82, 2.24) is 14.8 Å². The van der Waals surface area contributed by atoms with Crippen LogP contribution >= 0.6 is 0 Å². The van der Waals surface area contributed by atoms with Crippen molar-refractivity contribution in [2.24, 2.45) is 0 Å².